The summed E-state index contributed by atoms with van der Waals surface area (Å²) in [5.41, 5.74) is 1.04. The highest BCUT2D eigenvalue weighted by molar-refractivity contribution is 6.30. The Morgan fingerprint density at radius 2 is 1.94 bits per heavy atom. The predicted molar refractivity (Wildman–Crippen MR) is 138 cm³/mol. The number of piperazine rings is 1. The van der Waals surface area contributed by atoms with E-state index in [0.29, 0.717) is 48.9 Å². The Labute approximate surface area is 217 Å². The van der Waals surface area contributed by atoms with Crippen LogP contribution >= 0.6 is 11.6 Å². The number of anilines is 1. The minimum Gasteiger partial charge on any atom is -0.384 e. The van der Waals surface area contributed by atoms with Gasteiger partial charge in [-0.3, -0.25) is 4.79 Å². The normalized spacial score (nSPS) is 28.3. The van der Waals surface area contributed by atoms with E-state index < -0.39 is 17.3 Å². The Kier molecular flexibility index (Phi) is 6.50. The molecule has 1 aromatic heterocycles. The number of benzene rings is 1. The molecule has 0 radical (unpaired) electrons. The summed E-state index contributed by atoms with van der Waals surface area (Å²) in [6.45, 7) is 10.4. The minimum atomic E-state index is -0.956. The summed E-state index contributed by atoms with van der Waals surface area (Å²) in [6.07, 6.45) is 3.86. The topological polar surface area (TPSA) is 81.6 Å². The van der Waals surface area contributed by atoms with Crippen LogP contribution in [0.3, 0.4) is 0 Å². The second-order valence-corrected chi connectivity index (χ2v) is 11.9. The Morgan fingerprint density at radius 3 is 2.58 bits per heavy atom. The van der Waals surface area contributed by atoms with Crippen molar-refractivity contribution < 1.29 is 14.3 Å². The molecule has 2 N–H and O–H groups in total. The molecule has 2 aliphatic heterocycles. The van der Waals surface area contributed by atoms with Gasteiger partial charge in [0.1, 0.15) is 23.6 Å². The first-order chi connectivity index (χ1) is 17.0. The van der Waals surface area contributed by atoms with Crippen LogP contribution in [0.4, 0.5) is 10.2 Å². The third-order valence-corrected chi connectivity index (χ3v) is 8.32. The van der Waals surface area contributed by atoms with Crippen LogP contribution in [-0.2, 0) is 10.4 Å². The van der Waals surface area contributed by atoms with E-state index in [1.807, 2.05) is 4.90 Å². The maximum atomic E-state index is 15.1. The molecule has 3 aliphatic rings. The molecule has 2 aromatic rings. The molecule has 3 heterocycles. The maximum Gasteiger partial charge on any atom is 0.231 e. The summed E-state index contributed by atoms with van der Waals surface area (Å²) in [6, 6.07) is 4.46. The zero-order valence-corrected chi connectivity index (χ0v) is 22.1. The van der Waals surface area contributed by atoms with Crippen molar-refractivity contribution >= 4 is 23.3 Å². The number of hydrogen-bond donors (Lipinski definition) is 2. The van der Waals surface area contributed by atoms with Gasteiger partial charge >= 0.3 is 0 Å². The highest BCUT2D eigenvalue weighted by atomic mass is 35.5. The lowest BCUT2D eigenvalue weighted by Crippen LogP contribution is -2.53. The number of halogens is 2. The molecule has 1 amide bonds. The number of hydrogen-bond acceptors (Lipinski definition) is 6. The lowest BCUT2D eigenvalue weighted by Gasteiger charge is -2.39. The van der Waals surface area contributed by atoms with E-state index in [2.05, 4.69) is 41.0 Å². The minimum absolute atomic E-state index is 0.0599. The SMILES string of the molecule is C[C@@H]1C[C@@](C)(O)c2ncnc(N3CCN(C(=O)C(c4ccc(Cl)cc4F)C4CCC(C)(C)N4)CC3)c21. The van der Waals surface area contributed by atoms with E-state index in [9.17, 15) is 9.90 Å². The summed E-state index contributed by atoms with van der Waals surface area (Å²) in [4.78, 5) is 26.9. The van der Waals surface area contributed by atoms with E-state index in [-0.39, 0.29) is 23.4 Å². The number of fused-ring (bicyclic) bond motifs is 1. The summed E-state index contributed by atoms with van der Waals surface area (Å²) < 4.78 is 15.1. The van der Waals surface area contributed by atoms with Gasteiger partial charge in [-0.2, -0.15) is 0 Å². The van der Waals surface area contributed by atoms with Gasteiger partial charge in [-0.05, 0) is 58.1 Å². The average Bonchev–Trinajstić information content (AvgIpc) is 3.30. The Bertz CT molecular complexity index is 1160. The van der Waals surface area contributed by atoms with Crippen LogP contribution < -0.4 is 10.2 Å². The molecule has 0 spiro atoms. The lowest BCUT2D eigenvalue weighted by atomic mass is 9.88. The maximum absolute atomic E-state index is 15.1. The molecule has 0 bridgehead atoms. The fourth-order valence-electron chi connectivity index (χ4n) is 6.34. The van der Waals surface area contributed by atoms with Crippen LogP contribution in [0.1, 0.15) is 75.6 Å². The molecule has 1 aromatic carbocycles. The quantitative estimate of drug-likeness (QED) is 0.642. The zero-order chi connectivity index (χ0) is 25.8. The number of rotatable bonds is 4. The van der Waals surface area contributed by atoms with E-state index in [1.54, 1.807) is 19.1 Å². The zero-order valence-electron chi connectivity index (χ0n) is 21.4. The summed E-state index contributed by atoms with van der Waals surface area (Å²) in [7, 11) is 0. The summed E-state index contributed by atoms with van der Waals surface area (Å²) >= 11 is 6.01. The number of amides is 1. The smallest absolute Gasteiger partial charge is 0.231 e. The predicted octanol–water partition coefficient (Wildman–Crippen LogP) is 3.95. The molecule has 194 valence electrons. The van der Waals surface area contributed by atoms with E-state index in [4.69, 9.17) is 11.6 Å². The van der Waals surface area contributed by atoms with Crippen molar-refractivity contribution in [2.45, 2.75) is 76.0 Å². The number of nitrogens with one attached hydrogen (secondary N) is 1. The van der Waals surface area contributed by atoms with Gasteiger partial charge in [0, 0.05) is 53.9 Å². The van der Waals surface area contributed by atoms with E-state index in [0.717, 1.165) is 24.2 Å². The Balaban J connectivity index is 1.37. The second-order valence-electron chi connectivity index (χ2n) is 11.5. The molecular formula is C27H35ClFN5O2. The van der Waals surface area contributed by atoms with Gasteiger partial charge in [0.05, 0.1) is 11.6 Å². The van der Waals surface area contributed by atoms with Crippen molar-refractivity contribution in [3.8, 4) is 0 Å². The molecule has 0 saturated carbocycles. The molecule has 36 heavy (non-hydrogen) atoms. The molecule has 2 fully saturated rings. The lowest BCUT2D eigenvalue weighted by molar-refractivity contribution is -0.133. The van der Waals surface area contributed by atoms with Gasteiger partial charge in [-0.15, -0.1) is 0 Å². The molecule has 7 nitrogen and oxygen atoms in total. The van der Waals surface area contributed by atoms with Crippen LogP contribution in [0.15, 0.2) is 24.5 Å². The second kappa shape index (κ2) is 9.23. The number of nitrogens with zero attached hydrogens (tertiary/aromatic N) is 4. The molecule has 4 atom stereocenters. The van der Waals surface area contributed by atoms with Gasteiger partial charge in [-0.25, -0.2) is 14.4 Å². The van der Waals surface area contributed by atoms with Crippen molar-refractivity contribution in [2.24, 2.45) is 0 Å². The molecule has 2 unspecified atom stereocenters. The first-order valence-electron chi connectivity index (χ1n) is 12.8. The Hall–Kier alpha value is -2.29. The van der Waals surface area contributed by atoms with Crippen LogP contribution in [0.5, 0.6) is 0 Å². The number of carbonyl (C=O) groups is 1. The first-order valence-corrected chi connectivity index (χ1v) is 13.2. The summed E-state index contributed by atoms with van der Waals surface area (Å²) in [5.74, 6) is -0.121. The number of aliphatic hydroxyl groups is 1. The van der Waals surface area contributed by atoms with Crippen LogP contribution in [0.2, 0.25) is 5.02 Å². The third-order valence-electron chi connectivity index (χ3n) is 8.08. The largest absolute Gasteiger partial charge is 0.384 e. The van der Waals surface area contributed by atoms with Crippen molar-refractivity contribution in [1.29, 1.82) is 0 Å². The van der Waals surface area contributed by atoms with Gasteiger partial charge in [0.25, 0.3) is 0 Å². The van der Waals surface area contributed by atoms with Crippen molar-refractivity contribution in [3.05, 3.63) is 52.2 Å². The van der Waals surface area contributed by atoms with Gasteiger partial charge in [-0.1, -0.05) is 24.6 Å². The molecule has 5 rings (SSSR count). The van der Waals surface area contributed by atoms with Crippen LogP contribution in [-0.4, -0.2) is 63.6 Å². The van der Waals surface area contributed by atoms with Crippen molar-refractivity contribution in [1.82, 2.24) is 20.2 Å². The van der Waals surface area contributed by atoms with Gasteiger partial charge in [0.15, 0.2) is 0 Å². The number of carbonyl (C=O) groups excluding carboxylic acids is 1. The first kappa shape index (κ1) is 25.4. The van der Waals surface area contributed by atoms with Gasteiger partial charge in [0.2, 0.25) is 5.91 Å². The molecule has 1 aliphatic carbocycles. The highest BCUT2D eigenvalue weighted by Gasteiger charge is 2.43. The van der Waals surface area contributed by atoms with Crippen molar-refractivity contribution in [2.75, 3.05) is 31.1 Å². The third kappa shape index (κ3) is 4.59. The number of aromatic nitrogens is 2. The van der Waals surface area contributed by atoms with E-state index in [1.165, 1.54) is 12.4 Å². The standard InChI is InChI=1S/C27H35ClFN5O2/c1-16-14-27(4,36)23-21(16)24(31-15-30-23)33-9-11-34(12-10-33)25(35)22(20-7-8-26(2,3)32-20)18-6-5-17(28)13-19(18)29/h5-6,13,15-16,20,22,32,36H,7-12,14H2,1-4H3/t16-,20?,22?,27-/m1/s1. The molecular weight excluding hydrogens is 481 g/mol. The molecule has 9 heteroatoms. The average molecular weight is 516 g/mol. The summed E-state index contributed by atoms with van der Waals surface area (Å²) in [5, 5.41) is 14.7. The van der Waals surface area contributed by atoms with Crippen molar-refractivity contribution in [3.63, 3.8) is 0 Å². The van der Waals surface area contributed by atoms with E-state index >= 15 is 4.39 Å². The molecule has 2 saturated heterocycles. The fourth-order valence-corrected chi connectivity index (χ4v) is 6.50. The van der Waals surface area contributed by atoms with Crippen LogP contribution in [0.25, 0.3) is 0 Å². The highest BCUT2D eigenvalue weighted by Crippen LogP contribution is 2.46. The Morgan fingerprint density at radius 1 is 1.22 bits per heavy atom. The monoisotopic (exact) mass is 515 g/mol. The fraction of sp³-hybridized carbons (Fsp3) is 0.593. The van der Waals surface area contributed by atoms with Crippen LogP contribution in [0, 0.1) is 5.82 Å². The van der Waals surface area contributed by atoms with Gasteiger partial charge < -0.3 is 20.2 Å².